The van der Waals surface area contributed by atoms with E-state index in [1.165, 1.54) is 16.7 Å². The summed E-state index contributed by atoms with van der Waals surface area (Å²) in [5, 5.41) is 2.10. The minimum atomic E-state index is 0.586. The molecule has 9 rings (SSSR count). The van der Waals surface area contributed by atoms with E-state index in [2.05, 4.69) is 164 Å². The fourth-order valence-corrected chi connectivity index (χ4v) is 7.45. The molecule has 54 heavy (non-hydrogen) atoms. The highest BCUT2D eigenvalue weighted by molar-refractivity contribution is 6.09. The number of anilines is 3. The Morgan fingerprint density at radius 1 is 0.481 bits per heavy atom. The van der Waals surface area contributed by atoms with E-state index in [-0.39, 0.29) is 0 Å². The number of nitrogens with zero attached hydrogens (tertiary/aromatic N) is 1. The Kier molecular flexibility index (Phi) is 8.58. The van der Waals surface area contributed by atoms with Crippen LogP contribution in [-0.2, 0) is 0 Å². The fourth-order valence-electron chi connectivity index (χ4n) is 7.45. The van der Waals surface area contributed by atoms with Crippen molar-refractivity contribution in [3.63, 3.8) is 0 Å². The molecule has 0 saturated carbocycles. The van der Waals surface area contributed by atoms with Crippen LogP contribution in [0.15, 0.2) is 205 Å². The molecule has 0 unspecified atom stereocenters. The summed E-state index contributed by atoms with van der Waals surface area (Å²) in [6, 6.07) is 67.5. The summed E-state index contributed by atoms with van der Waals surface area (Å²) in [6.07, 6.45) is 0. The zero-order valence-electron chi connectivity index (χ0n) is 29.9. The molecule has 0 fully saturated rings. The number of ether oxygens (including phenoxy) is 1. The van der Waals surface area contributed by atoms with Crippen molar-refractivity contribution in [3.8, 4) is 39.1 Å². The molecular weight excluding hydrogens is 659 g/mol. The van der Waals surface area contributed by atoms with Gasteiger partial charge in [-0.1, -0.05) is 152 Å². The molecule has 1 aromatic heterocycles. The van der Waals surface area contributed by atoms with Gasteiger partial charge in [0, 0.05) is 44.5 Å². The molecule has 3 nitrogen and oxygen atoms in total. The van der Waals surface area contributed by atoms with Gasteiger partial charge < -0.3 is 14.1 Å². The second-order valence-electron chi connectivity index (χ2n) is 13.4. The summed E-state index contributed by atoms with van der Waals surface area (Å²) in [7, 11) is 0. The van der Waals surface area contributed by atoms with Crippen molar-refractivity contribution < 1.29 is 9.15 Å². The summed E-state index contributed by atoms with van der Waals surface area (Å²) in [5.74, 6) is 1.34. The number of benzene rings is 8. The average molecular weight is 696 g/mol. The van der Waals surface area contributed by atoms with E-state index in [0.29, 0.717) is 5.76 Å². The Hall–Kier alpha value is -7.10. The lowest BCUT2D eigenvalue weighted by molar-refractivity contribution is 0.515. The normalized spacial score (nSPS) is 11.1. The molecule has 0 amide bonds. The molecule has 0 saturated heterocycles. The maximum Gasteiger partial charge on any atom is 0.139 e. The van der Waals surface area contributed by atoms with Crippen molar-refractivity contribution in [1.82, 2.24) is 0 Å². The number of rotatable bonds is 9. The Bertz CT molecular complexity index is 2750. The highest BCUT2D eigenvalue weighted by Crippen LogP contribution is 2.45. The number of para-hydroxylation sites is 2. The van der Waals surface area contributed by atoms with E-state index >= 15 is 0 Å². The maximum atomic E-state index is 6.76. The molecule has 0 bridgehead atoms. The predicted octanol–water partition coefficient (Wildman–Crippen LogP) is 14.4. The lowest BCUT2D eigenvalue weighted by Gasteiger charge is -2.26. The summed E-state index contributed by atoms with van der Waals surface area (Å²) >= 11 is 0. The molecule has 8 aromatic carbocycles. The number of hydrogen-bond donors (Lipinski definition) is 0. The van der Waals surface area contributed by atoms with Gasteiger partial charge in [0.1, 0.15) is 22.7 Å². The van der Waals surface area contributed by atoms with Gasteiger partial charge >= 0.3 is 0 Å². The van der Waals surface area contributed by atoms with Gasteiger partial charge in [-0.25, -0.2) is 0 Å². The van der Waals surface area contributed by atoms with Gasteiger partial charge in [-0.3, -0.25) is 0 Å². The highest BCUT2D eigenvalue weighted by atomic mass is 16.5. The third-order valence-corrected chi connectivity index (χ3v) is 10.1. The van der Waals surface area contributed by atoms with Crippen molar-refractivity contribution in [2.75, 3.05) is 4.90 Å². The van der Waals surface area contributed by atoms with Crippen LogP contribution in [0.3, 0.4) is 0 Å². The van der Waals surface area contributed by atoms with E-state index in [9.17, 15) is 0 Å². The fraction of sp³-hybridized carbons (Fsp3) is 0.0196. The Balaban J connectivity index is 1.16. The van der Waals surface area contributed by atoms with Crippen molar-refractivity contribution in [1.29, 1.82) is 0 Å². The van der Waals surface area contributed by atoms with Crippen LogP contribution in [0.4, 0.5) is 17.1 Å². The van der Waals surface area contributed by atoms with E-state index in [1.807, 2.05) is 48.5 Å². The Morgan fingerprint density at radius 2 is 1.04 bits per heavy atom. The number of aryl methyl sites for hydroxylation is 1. The first kappa shape index (κ1) is 32.8. The van der Waals surface area contributed by atoms with Crippen LogP contribution in [0.1, 0.15) is 11.1 Å². The number of fused-ring (bicyclic) bond motifs is 3. The lowest BCUT2D eigenvalue weighted by Crippen LogP contribution is -2.10. The minimum Gasteiger partial charge on any atom is -0.456 e. The topological polar surface area (TPSA) is 25.6 Å². The van der Waals surface area contributed by atoms with Crippen molar-refractivity contribution in [3.05, 3.63) is 212 Å². The monoisotopic (exact) mass is 695 g/mol. The highest BCUT2D eigenvalue weighted by Gasteiger charge is 2.21. The molecule has 0 aliphatic rings. The summed E-state index contributed by atoms with van der Waals surface area (Å²) < 4.78 is 13.2. The predicted molar refractivity (Wildman–Crippen MR) is 226 cm³/mol. The van der Waals surface area contributed by atoms with Crippen LogP contribution in [0, 0.1) is 6.92 Å². The third kappa shape index (κ3) is 6.12. The second-order valence-corrected chi connectivity index (χ2v) is 13.4. The van der Waals surface area contributed by atoms with Gasteiger partial charge in [0.2, 0.25) is 0 Å². The zero-order chi connectivity index (χ0) is 36.4. The number of hydrogen-bond acceptors (Lipinski definition) is 3. The smallest absolute Gasteiger partial charge is 0.139 e. The first-order valence-corrected chi connectivity index (χ1v) is 18.2. The van der Waals surface area contributed by atoms with E-state index in [0.717, 1.165) is 72.6 Å². The molecule has 0 atom stereocenters. The SMILES string of the molecule is C=C(Oc1c(-c2cccc(N(c3ccccc3)c3ccc(-c4ccccc4-c4ccccc4)cc3)c2)cc2oc3ccccc3c2c1C)c1ccccc1. The largest absolute Gasteiger partial charge is 0.456 e. The Labute approximate surface area is 315 Å². The van der Waals surface area contributed by atoms with E-state index in [1.54, 1.807) is 0 Å². The molecule has 0 aliphatic heterocycles. The van der Waals surface area contributed by atoms with Crippen LogP contribution in [0.25, 0.3) is 61.1 Å². The maximum absolute atomic E-state index is 6.76. The van der Waals surface area contributed by atoms with Gasteiger partial charge in [-0.2, -0.15) is 0 Å². The molecular formula is C51H37NO2. The van der Waals surface area contributed by atoms with Crippen molar-refractivity contribution in [2.24, 2.45) is 0 Å². The molecule has 0 aliphatic carbocycles. The summed E-state index contributed by atoms with van der Waals surface area (Å²) in [4.78, 5) is 2.30. The minimum absolute atomic E-state index is 0.586. The van der Waals surface area contributed by atoms with Crippen LogP contribution in [0.2, 0.25) is 0 Å². The number of furan rings is 1. The molecule has 258 valence electrons. The standard InChI is InChI=1S/C51H37NO2/c1-35-50-46-27-14-15-28-48(46)54-49(50)34-47(51(35)53-36(2)37-17-6-3-7-18-37)40-21-16-24-43(33-40)52(41-22-10-5-11-23-41)42-31-29-39(30-32-42)45-26-13-12-25-44(45)38-19-8-4-9-20-38/h3-34H,2H2,1H3. The van der Waals surface area contributed by atoms with Gasteiger partial charge in [0.15, 0.2) is 0 Å². The van der Waals surface area contributed by atoms with Crippen LogP contribution in [-0.4, -0.2) is 0 Å². The van der Waals surface area contributed by atoms with Gasteiger partial charge in [0.05, 0.1) is 0 Å². The van der Waals surface area contributed by atoms with E-state index < -0.39 is 0 Å². The van der Waals surface area contributed by atoms with E-state index in [4.69, 9.17) is 9.15 Å². The third-order valence-electron chi connectivity index (χ3n) is 10.1. The van der Waals surface area contributed by atoms with Crippen LogP contribution in [0.5, 0.6) is 5.75 Å². The molecule has 9 aromatic rings. The zero-order valence-corrected chi connectivity index (χ0v) is 29.9. The quantitative estimate of drug-likeness (QED) is 0.141. The van der Waals surface area contributed by atoms with Gasteiger partial charge in [-0.15, -0.1) is 0 Å². The summed E-state index contributed by atoms with van der Waals surface area (Å²) in [5.41, 5.74) is 13.4. The average Bonchev–Trinajstić information content (AvgIpc) is 3.62. The van der Waals surface area contributed by atoms with Crippen LogP contribution >= 0.6 is 0 Å². The summed E-state index contributed by atoms with van der Waals surface area (Å²) in [6.45, 7) is 6.46. The van der Waals surface area contributed by atoms with Crippen molar-refractivity contribution >= 4 is 44.8 Å². The molecule has 0 radical (unpaired) electrons. The van der Waals surface area contributed by atoms with Crippen molar-refractivity contribution in [2.45, 2.75) is 6.92 Å². The molecule has 1 heterocycles. The van der Waals surface area contributed by atoms with Crippen LogP contribution < -0.4 is 9.64 Å². The van der Waals surface area contributed by atoms with Gasteiger partial charge in [0.25, 0.3) is 0 Å². The lowest BCUT2D eigenvalue weighted by atomic mass is 9.94. The van der Waals surface area contributed by atoms with Gasteiger partial charge in [-0.05, 0) is 83.3 Å². The molecule has 0 N–H and O–H groups in total. The second kappa shape index (κ2) is 14.1. The Morgan fingerprint density at radius 3 is 1.76 bits per heavy atom. The molecule has 0 spiro atoms. The first-order chi connectivity index (χ1) is 26.6. The molecule has 3 heteroatoms. The first-order valence-electron chi connectivity index (χ1n) is 18.2.